The van der Waals surface area contributed by atoms with Crippen LogP contribution in [0.4, 0.5) is 0 Å². The van der Waals surface area contributed by atoms with Gasteiger partial charge in [-0.1, -0.05) is 29.8 Å². The number of ketones is 1. The molecule has 114 valence electrons. The summed E-state index contributed by atoms with van der Waals surface area (Å²) in [6.07, 6.45) is 5.26. The van der Waals surface area contributed by atoms with Crippen LogP contribution in [0.5, 0.6) is 0 Å². The van der Waals surface area contributed by atoms with Crippen LogP contribution < -0.4 is 0 Å². The zero-order valence-electron chi connectivity index (χ0n) is 12.6. The van der Waals surface area contributed by atoms with Crippen LogP contribution in [0.2, 0.25) is 5.02 Å². The lowest BCUT2D eigenvalue weighted by molar-refractivity contribution is 0.104. The Morgan fingerprint density at radius 1 is 1.09 bits per heavy atom. The first kappa shape index (κ1) is 15.3. The van der Waals surface area contributed by atoms with Crippen LogP contribution in [0.25, 0.3) is 11.8 Å². The maximum atomic E-state index is 12.2. The Morgan fingerprint density at radius 2 is 1.78 bits per heavy atom. The highest BCUT2D eigenvalue weighted by atomic mass is 35.5. The Morgan fingerprint density at radius 3 is 2.48 bits per heavy atom. The minimum absolute atomic E-state index is 0.0615. The SMILES string of the molecule is Cc1nn(-c2ccccc2)cc1C=CC(=O)c1ccc(Cl)cc1. The standard InChI is InChI=1S/C19H15ClN2O/c1-14-16(13-22(21-14)18-5-3-2-4-6-18)9-12-19(23)15-7-10-17(20)11-8-15/h2-13H,1H3. The van der Waals surface area contributed by atoms with E-state index in [1.54, 1.807) is 36.4 Å². The number of carbonyl (C=O) groups is 1. The lowest BCUT2D eigenvalue weighted by atomic mass is 10.1. The van der Waals surface area contributed by atoms with Crippen molar-refractivity contribution in [1.29, 1.82) is 0 Å². The van der Waals surface area contributed by atoms with E-state index < -0.39 is 0 Å². The van der Waals surface area contributed by atoms with Gasteiger partial charge in [0.05, 0.1) is 11.4 Å². The number of nitrogens with zero attached hydrogens (tertiary/aromatic N) is 2. The largest absolute Gasteiger partial charge is 0.289 e. The molecule has 0 N–H and O–H groups in total. The second-order valence-corrected chi connectivity index (χ2v) is 5.59. The molecular weight excluding hydrogens is 308 g/mol. The molecule has 0 aliphatic rings. The lowest BCUT2D eigenvalue weighted by Gasteiger charge is -1.98. The van der Waals surface area contributed by atoms with Crippen molar-refractivity contribution in [3.63, 3.8) is 0 Å². The summed E-state index contributed by atoms with van der Waals surface area (Å²) in [4.78, 5) is 12.2. The number of aromatic nitrogens is 2. The molecule has 2 aromatic carbocycles. The number of allylic oxidation sites excluding steroid dienone is 1. The number of carbonyl (C=O) groups excluding carboxylic acids is 1. The number of hydrogen-bond acceptors (Lipinski definition) is 2. The van der Waals surface area contributed by atoms with E-state index in [9.17, 15) is 4.79 Å². The molecule has 3 aromatic rings. The Kier molecular flexibility index (Phi) is 4.40. The van der Waals surface area contributed by atoms with Crippen molar-refractivity contribution in [2.45, 2.75) is 6.92 Å². The molecule has 1 aromatic heterocycles. The zero-order valence-corrected chi connectivity index (χ0v) is 13.4. The Labute approximate surface area is 139 Å². The third-order valence-electron chi connectivity index (χ3n) is 3.50. The van der Waals surface area contributed by atoms with E-state index in [1.165, 1.54) is 0 Å². The molecule has 0 radical (unpaired) electrons. The first-order chi connectivity index (χ1) is 11.1. The van der Waals surface area contributed by atoms with Crippen molar-refractivity contribution in [2.24, 2.45) is 0 Å². The van der Waals surface area contributed by atoms with Crippen LogP contribution in [0.15, 0.2) is 66.9 Å². The van der Waals surface area contributed by atoms with Crippen molar-refractivity contribution in [1.82, 2.24) is 9.78 Å². The normalized spacial score (nSPS) is 11.0. The Hall–Kier alpha value is -2.65. The Balaban J connectivity index is 1.81. The third kappa shape index (κ3) is 3.58. The van der Waals surface area contributed by atoms with Crippen molar-refractivity contribution >= 4 is 23.5 Å². The van der Waals surface area contributed by atoms with Crippen LogP contribution >= 0.6 is 11.6 Å². The molecule has 0 saturated carbocycles. The van der Waals surface area contributed by atoms with Gasteiger partial charge in [0.1, 0.15) is 0 Å². The van der Waals surface area contributed by atoms with Gasteiger partial charge in [-0.15, -0.1) is 0 Å². The number of hydrogen-bond donors (Lipinski definition) is 0. The smallest absolute Gasteiger partial charge is 0.185 e. The fraction of sp³-hybridized carbons (Fsp3) is 0.0526. The molecule has 0 aliphatic carbocycles. The van der Waals surface area contributed by atoms with Gasteiger partial charge in [0, 0.05) is 22.3 Å². The second-order valence-electron chi connectivity index (χ2n) is 5.15. The quantitative estimate of drug-likeness (QED) is 0.514. The molecule has 1 heterocycles. The molecule has 0 aliphatic heterocycles. The van der Waals surface area contributed by atoms with E-state index in [2.05, 4.69) is 5.10 Å². The van der Waals surface area contributed by atoms with E-state index >= 15 is 0 Å². The molecule has 0 spiro atoms. The van der Waals surface area contributed by atoms with Gasteiger partial charge >= 0.3 is 0 Å². The second kappa shape index (κ2) is 6.63. The molecule has 0 unspecified atom stereocenters. The highest BCUT2D eigenvalue weighted by Crippen LogP contribution is 2.15. The molecule has 23 heavy (non-hydrogen) atoms. The highest BCUT2D eigenvalue weighted by Gasteiger charge is 2.05. The topological polar surface area (TPSA) is 34.9 Å². The van der Waals surface area contributed by atoms with E-state index in [1.807, 2.05) is 48.1 Å². The van der Waals surface area contributed by atoms with Crippen LogP contribution in [-0.2, 0) is 0 Å². The van der Waals surface area contributed by atoms with Gasteiger partial charge in [-0.2, -0.15) is 5.10 Å². The Bertz CT molecular complexity index is 849. The van der Waals surface area contributed by atoms with E-state index in [0.29, 0.717) is 10.6 Å². The van der Waals surface area contributed by atoms with Gasteiger partial charge in [-0.3, -0.25) is 4.79 Å². The number of benzene rings is 2. The first-order valence-corrected chi connectivity index (χ1v) is 7.61. The van der Waals surface area contributed by atoms with Gasteiger partial charge in [0.25, 0.3) is 0 Å². The van der Waals surface area contributed by atoms with Gasteiger partial charge in [-0.05, 0) is 55.5 Å². The minimum atomic E-state index is -0.0615. The van der Waals surface area contributed by atoms with Crippen molar-refractivity contribution in [3.05, 3.63) is 88.7 Å². The number of rotatable bonds is 4. The molecule has 0 bridgehead atoms. The summed E-state index contributed by atoms with van der Waals surface area (Å²) in [7, 11) is 0. The van der Waals surface area contributed by atoms with Crippen LogP contribution in [0, 0.1) is 6.92 Å². The molecular formula is C19H15ClN2O. The van der Waals surface area contributed by atoms with Gasteiger partial charge < -0.3 is 0 Å². The summed E-state index contributed by atoms with van der Waals surface area (Å²) in [6, 6.07) is 16.7. The fourth-order valence-corrected chi connectivity index (χ4v) is 2.35. The van der Waals surface area contributed by atoms with Gasteiger partial charge in [-0.25, -0.2) is 4.68 Å². The van der Waals surface area contributed by atoms with Crippen LogP contribution in [0.1, 0.15) is 21.6 Å². The first-order valence-electron chi connectivity index (χ1n) is 7.23. The number of aryl methyl sites for hydroxylation is 1. The summed E-state index contributed by atoms with van der Waals surface area (Å²) in [5, 5.41) is 5.10. The predicted octanol–water partition coefficient (Wildman–Crippen LogP) is 4.73. The van der Waals surface area contributed by atoms with Crippen molar-refractivity contribution in [3.8, 4) is 5.69 Å². The van der Waals surface area contributed by atoms with Crippen LogP contribution in [0.3, 0.4) is 0 Å². The molecule has 0 fully saturated rings. The number of halogens is 1. The third-order valence-corrected chi connectivity index (χ3v) is 3.75. The predicted molar refractivity (Wildman–Crippen MR) is 93.1 cm³/mol. The summed E-state index contributed by atoms with van der Waals surface area (Å²) < 4.78 is 1.81. The molecule has 3 nitrogen and oxygen atoms in total. The summed E-state index contributed by atoms with van der Waals surface area (Å²) >= 11 is 5.83. The molecule has 0 amide bonds. The summed E-state index contributed by atoms with van der Waals surface area (Å²) in [5.74, 6) is -0.0615. The maximum Gasteiger partial charge on any atom is 0.185 e. The lowest BCUT2D eigenvalue weighted by Crippen LogP contribution is -1.93. The van der Waals surface area contributed by atoms with Crippen LogP contribution in [-0.4, -0.2) is 15.6 Å². The van der Waals surface area contributed by atoms with E-state index in [4.69, 9.17) is 11.6 Å². The van der Waals surface area contributed by atoms with Gasteiger partial charge in [0.2, 0.25) is 0 Å². The molecule has 0 saturated heterocycles. The molecule has 4 heteroatoms. The van der Waals surface area contributed by atoms with E-state index in [0.717, 1.165) is 16.9 Å². The molecule has 3 rings (SSSR count). The maximum absolute atomic E-state index is 12.2. The molecule has 0 atom stereocenters. The van der Waals surface area contributed by atoms with E-state index in [-0.39, 0.29) is 5.78 Å². The fourth-order valence-electron chi connectivity index (χ4n) is 2.23. The highest BCUT2D eigenvalue weighted by molar-refractivity contribution is 6.30. The summed E-state index contributed by atoms with van der Waals surface area (Å²) in [6.45, 7) is 1.92. The van der Waals surface area contributed by atoms with Crippen molar-refractivity contribution < 1.29 is 4.79 Å². The zero-order chi connectivity index (χ0) is 16.2. The average molecular weight is 323 g/mol. The number of para-hydroxylation sites is 1. The van der Waals surface area contributed by atoms with Gasteiger partial charge in [0.15, 0.2) is 5.78 Å². The monoisotopic (exact) mass is 322 g/mol. The van der Waals surface area contributed by atoms with Crippen molar-refractivity contribution in [2.75, 3.05) is 0 Å². The summed E-state index contributed by atoms with van der Waals surface area (Å²) in [5.41, 5.74) is 3.38. The average Bonchev–Trinajstić information content (AvgIpc) is 2.95. The minimum Gasteiger partial charge on any atom is -0.289 e.